The fourth-order valence-electron chi connectivity index (χ4n) is 2.68. The van der Waals surface area contributed by atoms with Crippen molar-refractivity contribution in [1.82, 2.24) is 4.98 Å². The molecule has 2 heterocycles. The van der Waals surface area contributed by atoms with E-state index in [1.54, 1.807) is 18.2 Å². The maximum absolute atomic E-state index is 12.5. The van der Waals surface area contributed by atoms with Crippen LogP contribution in [-0.4, -0.2) is 42.1 Å². The molecule has 1 fully saturated rings. The number of nitrogens with one attached hydrogen (secondary N) is 1. The smallest absolute Gasteiger partial charge is 0.293 e. The number of nitro groups is 1. The third kappa shape index (κ3) is 4.10. The number of benzene rings is 1. The molecule has 2 aromatic rings. The first-order chi connectivity index (χ1) is 12.5. The lowest BCUT2D eigenvalue weighted by molar-refractivity contribution is -0.384. The molecular formula is C17H17IN4O4. The summed E-state index contributed by atoms with van der Waals surface area (Å²) in [6.07, 6.45) is 0. The van der Waals surface area contributed by atoms with Crippen LogP contribution in [0.15, 0.2) is 30.3 Å². The molecule has 1 aliphatic rings. The Morgan fingerprint density at radius 2 is 2.04 bits per heavy atom. The SMILES string of the molecule is Cc1nc(NC(=O)c2ccc(N3CCOCC3)c([N+](=O)[O-])c2)ccc1I. The highest BCUT2D eigenvalue weighted by Gasteiger charge is 2.23. The number of hydrogen-bond acceptors (Lipinski definition) is 6. The van der Waals surface area contributed by atoms with Crippen LogP contribution >= 0.6 is 22.6 Å². The van der Waals surface area contributed by atoms with Gasteiger partial charge in [-0.3, -0.25) is 14.9 Å². The second-order valence-corrected chi connectivity index (χ2v) is 6.94. The maximum atomic E-state index is 12.5. The molecule has 26 heavy (non-hydrogen) atoms. The number of morpholine rings is 1. The Morgan fingerprint density at radius 1 is 1.31 bits per heavy atom. The summed E-state index contributed by atoms with van der Waals surface area (Å²) in [6, 6.07) is 8.06. The van der Waals surface area contributed by atoms with Crippen molar-refractivity contribution in [2.24, 2.45) is 0 Å². The van der Waals surface area contributed by atoms with E-state index in [1.807, 2.05) is 17.9 Å². The fourth-order valence-corrected chi connectivity index (χ4v) is 2.99. The van der Waals surface area contributed by atoms with Gasteiger partial charge in [0, 0.05) is 28.3 Å². The molecule has 1 N–H and O–H groups in total. The van der Waals surface area contributed by atoms with Crippen LogP contribution in [0.2, 0.25) is 0 Å². The predicted octanol–water partition coefficient (Wildman–Crippen LogP) is 2.99. The zero-order chi connectivity index (χ0) is 18.7. The van der Waals surface area contributed by atoms with Crippen LogP contribution in [0.25, 0.3) is 0 Å². The van der Waals surface area contributed by atoms with E-state index < -0.39 is 10.8 Å². The van der Waals surface area contributed by atoms with Crippen molar-refractivity contribution >= 4 is 45.7 Å². The second kappa shape index (κ2) is 7.96. The van der Waals surface area contributed by atoms with E-state index in [-0.39, 0.29) is 11.3 Å². The molecule has 1 aromatic carbocycles. The number of aromatic nitrogens is 1. The number of carbonyl (C=O) groups is 1. The third-order valence-corrected chi connectivity index (χ3v) is 5.19. The average Bonchev–Trinajstić information content (AvgIpc) is 2.65. The topological polar surface area (TPSA) is 97.6 Å². The van der Waals surface area contributed by atoms with Gasteiger partial charge >= 0.3 is 0 Å². The monoisotopic (exact) mass is 468 g/mol. The standard InChI is InChI=1S/C17H17IN4O4/c1-11-13(18)3-5-16(19-11)20-17(23)12-2-4-14(15(10-12)22(24)25)21-6-8-26-9-7-21/h2-5,10H,6-9H2,1H3,(H,19,20,23). The Hall–Kier alpha value is -2.27. The first kappa shape index (κ1) is 18.5. The Labute approximate surface area is 163 Å². The van der Waals surface area contributed by atoms with E-state index in [4.69, 9.17) is 4.74 Å². The van der Waals surface area contributed by atoms with Crippen LogP contribution in [0.4, 0.5) is 17.2 Å². The van der Waals surface area contributed by atoms with Crippen molar-refractivity contribution in [2.45, 2.75) is 6.92 Å². The highest BCUT2D eigenvalue weighted by Crippen LogP contribution is 2.30. The van der Waals surface area contributed by atoms with Crippen LogP contribution in [0.1, 0.15) is 16.1 Å². The van der Waals surface area contributed by atoms with Gasteiger partial charge in [0.1, 0.15) is 11.5 Å². The minimum atomic E-state index is -0.463. The van der Waals surface area contributed by atoms with E-state index in [0.29, 0.717) is 37.8 Å². The van der Waals surface area contributed by atoms with Crippen molar-refractivity contribution in [1.29, 1.82) is 0 Å². The molecule has 0 aliphatic carbocycles. The van der Waals surface area contributed by atoms with Gasteiger partial charge < -0.3 is 15.0 Å². The van der Waals surface area contributed by atoms with Crippen LogP contribution in [0, 0.1) is 20.6 Å². The zero-order valence-corrected chi connectivity index (χ0v) is 16.2. The number of amides is 1. The summed E-state index contributed by atoms with van der Waals surface area (Å²) in [4.78, 5) is 29.7. The van der Waals surface area contributed by atoms with Gasteiger partial charge in [0.25, 0.3) is 11.6 Å². The van der Waals surface area contributed by atoms with Crippen LogP contribution in [0.5, 0.6) is 0 Å². The fraction of sp³-hybridized carbons (Fsp3) is 0.294. The van der Waals surface area contributed by atoms with Gasteiger partial charge in [0.15, 0.2) is 0 Å². The van der Waals surface area contributed by atoms with Gasteiger partial charge in [-0.15, -0.1) is 0 Å². The predicted molar refractivity (Wildman–Crippen MR) is 106 cm³/mol. The summed E-state index contributed by atoms with van der Waals surface area (Å²) in [5.41, 5.74) is 1.42. The summed E-state index contributed by atoms with van der Waals surface area (Å²) in [5, 5.41) is 14.2. The summed E-state index contributed by atoms with van der Waals surface area (Å²) in [7, 11) is 0. The van der Waals surface area contributed by atoms with E-state index in [0.717, 1.165) is 9.26 Å². The number of rotatable bonds is 4. The molecule has 1 amide bonds. The zero-order valence-electron chi connectivity index (χ0n) is 14.1. The molecule has 0 unspecified atom stereocenters. The Morgan fingerprint density at radius 3 is 2.69 bits per heavy atom. The number of nitrogens with zero attached hydrogens (tertiary/aromatic N) is 3. The Bertz CT molecular complexity index is 853. The Balaban J connectivity index is 1.85. The number of anilines is 2. The highest BCUT2D eigenvalue weighted by molar-refractivity contribution is 14.1. The molecule has 136 valence electrons. The van der Waals surface area contributed by atoms with Crippen molar-refractivity contribution < 1.29 is 14.5 Å². The molecule has 0 radical (unpaired) electrons. The summed E-state index contributed by atoms with van der Waals surface area (Å²) in [5.74, 6) is -0.0254. The van der Waals surface area contributed by atoms with Gasteiger partial charge in [0.2, 0.25) is 0 Å². The maximum Gasteiger partial charge on any atom is 0.293 e. The molecular weight excluding hydrogens is 451 g/mol. The highest BCUT2D eigenvalue weighted by atomic mass is 127. The third-order valence-electron chi connectivity index (χ3n) is 4.05. The van der Waals surface area contributed by atoms with Crippen molar-refractivity contribution in [3.05, 3.63) is 55.3 Å². The van der Waals surface area contributed by atoms with E-state index in [1.165, 1.54) is 6.07 Å². The lowest BCUT2D eigenvalue weighted by Gasteiger charge is -2.28. The van der Waals surface area contributed by atoms with Gasteiger partial charge in [-0.25, -0.2) is 4.98 Å². The molecule has 9 heteroatoms. The Kier molecular flexibility index (Phi) is 5.67. The molecule has 1 aliphatic heterocycles. The first-order valence-electron chi connectivity index (χ1n) is 8.01. The molecule has 8 nitrogen and oxygen atoms in total. The molecule has 0 bridgehead atoms. The molecule has 1 aromatic heterocycles. The summed E-state index contributed by atoms with van der Waals surface area (Å²) >= 11 is 2.16. The van der Waals surface area contributed by atoms with Crippen LogP contribution in [0.3, 0.4) is 0 Å². The number of hydrogen-bond donors (Lipinski definition) is 1. The minimum Gasteiger partial charge on any atom is -0.378 e. The van der Waals surface area contributed by atoms with Crippen LogP contribution in [-0.2, 0) is 4.74 Å². The van der Waals surface area contributed by atoms with E-state index in [9.17, 15) is 14.9 Å². The largest absolute Gasteiger partial charge is 0.378 e. The average molecular weight is 468 g/mol. The van der Waals surface area contributed by atoms with Crippen molar-refractivity contribution in [3.8, 4) is 0 Å². The van der Waals surface area contributed by atoms with Gasteiger partial charge in [0.05, 0.1) is 23.8 Å². The molecule has 3 rings (SSSR count). The van der Waals surface area contributed by atoms with Gasteiger partial charge in [-0.1, -0.05) is 0 Å². The number of aryl methyl sites for hydroxylation is 1. The first-order valence-corrected chi connectivity index (χ1v) is 9.09. The normalized spacial score (nSPS) is 14.2. The van der Waals surface area contributed by atoms with E-state index in [2.05, 4.69) is 32.9 Å². The second-order valence-electron chi connectivity index (χ2n) is 5.78. The van der Waals surface area contributed by atoms with Gasteiger partial charge in [-0.2, -0.15) is 0 Å². The number of carbonyl (C=O) groups excluding carboxylic acids is 1. The quantitative estimate of drug-likeness (QED) is 0.421. The summed E-state index contributed by atoms with van der Waals surface area (Å²) < 4.78 is 6.28. The molecule has 0 saturated carbocycles. The number of nitro benzene ring substituents is 1. The van der Waals surface area contributed by atoms with Gasteiger partial charge in [-0.05, 0) is 53.8 Å². The minimum absolute atomic E-state index is 0.0914. The summed E-state index contributed by atoms with van der Waals surface area (Å²) in [6.45, 7) is 4.06. The van der Waals surface area contributed by atoms with E-state index >= 15 is 0 Å². The van der Waals surface area contributed by atoms with Crippen LogP contribution < -0.4 is 10.2 Å². The molecule has 1 saturated heterocycles. The lowest BCUT2D eigenvalue weighted by atomic mass is 10.1. The lowest BCUT2D eigenvalue weighted by Crippen LogP contribution is -2.36. The van der Waals surface area contributed by atoms with Crippen molar-refractivity contribution in [2.75, 3.05) is 36.5 Å². The number of halogens is 1. The van der Waals surface area contributed by atoms with Crippen molar-refractivity contribution in [3.63, 3.8) is 0 Å². The molecule has 0 spiro atoms. The number of pyridine rings is 1. The molecule has 0 atom stereocenters. The number of ether oxygens (including phenoxy) is 1.